The monoisotopic (exact) mass is 392 g/mol. The van der Waals surface area contributed by atoms with E-state index in [4.69, 9.17) is 10.3 Å². The van der Waals surface area contributed by atoms with Crippen molar-refractivity contribution in [3.8, 4) is 22.5 Å². The Bertz CT molecular complexity index is 734. The lowest BCUT2D eigenvalue weighted by molar-refractivity contribution is 0.436. The number of benzene rings is 2. The fourth-order valence-electron chi connectivity index (χ4n) is 2.00. The highest BCUT2D eigenvalue weighted by molar-refractivity contribution is 9.10. The minimum atomic E-state index is 0.394. The molecule has 1 heterocycles. The number of nitrogens with two attached hydrogens (primary N) is 1. The predicted molar refractivity (Wildman–Crippen MR) is 87.2 cm³/mol. The molecule has 0 aliphatic rings. The zero-order chi connectivity index (χ0) is 14.1. The van der Waals surface area contributed by atoms with E-state index in [9.17, 15) is 0 Å². The first-order valence-electron chi connectivity index (χ1n) is 5.92. The van der Waals surface area contributed by atoms with Gasteiger partial charge in [-0.25, -0.2) is 0 Å². The summed E-state index contributed by atoms with van der Waals surface area (Å²) in [6.07, 6.45) is 0. The number of hydrogen-bond acceptors (Lipinski definition) is 3. The Morgan fingerprint density at radius 2 is 1.30 bits per heavy atom. The van der Waals surface area contributed by atoms with Crippen LogP contribution in [0.3, 0.4) is 0 Å². The number of nitrogens with zero attached hydrogens (tertiary/aromatic N) is 1. The number of aromatic nitrogens is 1. The maximum absolute atomic E-state index is 5.95. The third kappa shape index (κ3) is 2.51. The second-order valence-corrected chi connectivity index (χ2v) is 6.12. The van der Waals surface area contributed by atoms with Crippen molar-refractivity contribution in [3.05, 3.63) is 57.5 Å². The van der Waals surface area contributed by atoms with Crippen molar-refractivity contribution in [2.75, 3.05) is 5.73 Å². The largest absolute Gasteiger partial charge is 0.380 e. The average Bonchev–Trinajstić information content (AvgIpc) is 2.83. The highest BCUT2D eigenvalue weighted by Gasteiger charge is 2.17. The molecule has 3 aromatic rings. The zero-order valence-corrected chi connectivity index (χ0v) is 13.5. The Balaban J connectivity index is 2.14. The van der Waals surface area contributed by atoms with E-state index in [2.05, 4.69) is 37.0 Å². The molecule has 3 rings (SSSR count). The maximum atomic E-state index is 5.95. The molecule has 0 radical (unpaired) electrons. The van der Waals surface area contributed by atoms with E-state index in [1.54, 1.807) is 0 Å². The minimum absolute atomic E-state index is 0.394. The lowest BCUT2D eigenvalue weighted by Gasteiger charge is -2.03. The van der Waals surface area contributed by atoms with Crippen LogP contribution in [0.5, 0.6) is 0 Å². The molecule has 0 aliphatic heterocycles. The molecule has 0 atom stereocenters. The summed E-state index contributed by atoms with van der Waals surface area (Å²) in [6, 6.07) is 15.7. The van der Waals surface area contributed by atoms with Gasteiger partial charge in [-0.3, -0.25) is 0 Å². The van der Waals surface area contributed by atoms with Crippen LogP contribution in [0.1, 0.15) is 0 Å². The summed E-state index contributed by atoms with van der Waals surface area (Å²) in [5.41, 5.74) is 8.69. The van der Waals surface area contributed by atoms with Gasteiger partial charge in [0.15, 0.2) is 11.6 Å². The van der Waals surface area contributed by atoms with Crippen molar-refractivity contribution >= 4 is 37.7 Å². The van der Waals surface area contributed by atoms with Gasteiger partial charge in [0, 0.05) is 14.5 Å². The van der Waals surface area contributed by atoms with Gasteiger partial charge in [0.2, 0.25) is 0 Å². The van der Waals surface area contributed by atoms with Crippen molar-refractivity contribution < 1.29 is 4.52 Å². The molecular weight excluding hydrogens is 384 g/mol. The van der Waals surface area contributed by atoms with Gasteiger partial charge in [-0.05, 0) is 42.0 Å². The highest BCUT2D eigenvalue weighted by atomic mass is 79.9. The van der Waals surface area contributed by atoms with Crippen LogP contribution >= 0.6 is 31.9 Å². The molecular formula is C15H10Br2N2O. The fourth-order valence-corrected chi connectivity index (χ4v) is 2.52. The standard InChI is InChI=1S/C15H10Br2N2O/c16-11-5-1-9(2-6-11)13-14(20-19-15(13)18)10-3-7-12(17)8-4-10/h1-8H,(H2,18,19). The smallest absolute Gasteiger partial charge is 0.176 e. The van der Waals surface area contributed by atoms with Crippen molar-refractivity contribution in [2.45, 2.75) is 0 Å². The van der Waals surface area contributed by atoms with Gasteiger partial charge < -0.3 is 10.3 Å². The highest BCUT2D eigenvalue weighted by Crippen LogP contribution is 2.37. The number of halogens is 2. The van der Waals surface area contributed by atoms with Crippen LogP contribution in [0.15, 0.2) is 62.0 Å². The van der Waals surface area contributed by atoms with Gasteiger partial charge in [-0.15, -0.1) is 0 Å². The van der Waals surface area contributed by atoms with E-state index in [1.165, 1.54) is 0 Å². The molecule has 0 aliphatic carbocycles. The van der Waals surface area contributed by atoms with E-state index < -0.39 is 0 Å². The van der Waals surface area contributed by atoms with E-state index in [0.29, 0.717) is 11.6 Å². The molecule has 0 saturated carbocycles. The molecule has 0 bridgehead atoms. The van der Waals surface area contributed by atoms with Crippen molar-refractivity contribution in [1.29, 1.82) is 0 Å². The molecule has 0 unspecified atom stereocenters. The third-order valence-corrected chi connectivity index (χ3v) is 4.02. The summed E-state index contributed by atoms with van der Waals surface area (Å²) < 4.78 is 7.43. The molecule has 0 saturated heterocycles. The van der Waals surface area contributed by atoms with Crippen LogP contribution in [-0.4, -0.2) is 5.16 Å². The number of hydrogen-bond donors (Lipinski definition) is 1. The number of nitrogen functional groups attached to an aromatic ring is 1. The van der Waals surface area contributed by atoms with Gasteiger partial charge in [-0.2, -0.15) is 0 Å². The maximum Gasteiger partial charge on any atom is 0.176 e. The Morgan fingerprint density at radius 1 is 0.800 bits per heavy atom. The lowest BCUT2D eigenvalue weighted by Crippen LogP contribution is -1.88. The molecule has 0 fully saturated rings. The van der Waals surface area contributed by atoms with Crippen LogP contribution in [0.25, 0.3) is 22.5 Å². The molecule has 1 aromatic heterocycles. The summed E-state index contributed by atoms with van der Waals surface area (Å²) >= 11 is 6.84. The quantitative estimate of drug-likeness (QED) is 0.657. The molecule has 0 spiro atoms. The van der Waals surface area contributed by atoms with Gasteiger partial charge in [0.25, 0.3) is 0 Å². The Morgan fingerprint density at radius 3 is 1.85 bits per heavy atom. The molecule has 3 nitrogen and oxygen atoms in total. The normalized spacial score (nSPS) is 10.7. The number of anilines is 1. The topological polar surface area (TPSA) is 52.0 Å². The first-order valence-corrected chi connectivity index (χ1v) is 7.51. The van der Waals surface area contributed by atoms with Crippen molar-refractivity contribution in [1.82, 2.24) is 5.16 Å². The van der Waals surface area contributed by atoms with Crippen molar-refractivity contribution in [2.24, 2.45) is 0 Å². The predicted octanol–water partition coefficient (Wildman–Crippen LogP) is 5.12. The SMILES string of the molecule is Nc1noc(-c2ccc(Br)cc2)c1-c1ccc(Br)cc1. The molecule has 5 heteroatoms. The van der Waals surface area contributed by atoms with Gasteiger partial charge in [0.05, 0.1) is 5.56 Å². The summed E-state index contributed by atoms with van der Waals surface area (Å²) in [5.74, 6) is 1.07. The van der Waals surface area contributed by atoms with Crippen LogP contribution in [-0.2, 0) is 0 Å². The fraction of sp³-hybridized carbons (Fsp3) is 0. The Kier molecular flexibility index (Phi) is 3.63. The first-order chi connectivity index (χ1) is 9.65. The molecule has 2 N–H and O–H groups in total. The van der Waals surface area contributed by atoms with Crippen LogP contribution in [0.2, 0.25) is 0 Å². The van der Waals surface area contributed by atoms with Gasteiger partial charge in [-0.1, -0.05) is 49.1 Å². The molecule has 20 heavy (non-hydrogen) atoms. The average molecular weight is 394 g/mol. The third-order valence-electron chi connectivity index (χ3n) is 2.96. The van der Waals surface area contributed by atoms with E-state index >= 15 is 0 Å². The van der Waals surface area contributed by atoms with E-state index in [-0.39, 0.29) is 0 Å². The van der Waals surface area contributed by atoms with Gasteiger partial charge >= 0.3 is 0 Å². The summed E-state index contributed by atoms with van der Waals surface area (Å²) in [5, 5.41) is 3.89. The summed E-state index contributed by atoms with van der Waals surface area (Å²) in [4.78, 5) is 0. The van der Waals surface area contributed by atoms with Gasteiger partial charge in [0.1, 0.15) is 0 Å². The number of rotatable bonds is 2. The van der Waals surface area contributed by atoms with Crippen LogP contribution in [0, 0.1) is 0 Å². The second-order valence-electron chi connectivity index (χ2n) is 4.29. The van der Waals surface area contributed by atoms with Crippen LogP contribution < -0.4 is 5.73 Å². The molecule has 100 valence electrons. The molecule has 2 aromatic carbocycles. The van der Waals surface area contributed by atoms with E-state index in [1.807, 2.05) is 48.5 Å². The second kappa shape index (κ2) is 5.42. The summed E-state index contributed by atoms with van der Waals surface area (Å²) in [7, 11) is 0. The van der Waals surface area contributed by atoms with Crippen LogP contribution in [0.4, 0.5) is 5.82 Å². The van der Waals surface area contributed by atoms with E-state index in [0.717, 1.165) is 25.6 Å². The Labute approximate surface area is 133 Å². The lowest BCUT2D eigenvalue weighted by atomic mass is 10.0. The molecule has 0 amide bonds. The van der Waals surface area contributed by atoms with Crippen molar-refractivity contribution in [3.63, 3.8) is 0 Å². The zero-order valence-electron chi connectivity index (χ0n) is 10.3. The summed E-state index contributed by atoms with van der Waals surface area (Å²) in [6.45, 7) is 0. The Hall–Kier alpha value is -1.59. The first kappa shape index (κ1) is 13.4. The minimum Gasteiger partial charge on any atom is -0.380 e.